The van der Waals surface area contributed by atoms with E-state index in [1.807, 2.05) is 28.5 Å². The Labute approximate surface area is 146 Å². The smallest absolute Gasteiger partial charge is 0.0715 e. The van der Waals surface area contributed by atoms with E-state index in [0.717, 1.165) is 16.2 Å². The van der Waals surface area contributed by atoms with Gasteiger partial charge in [-0.25, -0.2) is 4.99 Å². The van der Waals surface area contributed by atoms with Crippen LogP contribution in [-0.4, -0.2) is 60.6 Å². The summed E-state index contributed by atoms with van der Waals surface area (Å²) in [6.07, 6.45) is 2.05. The fourth-order valence-electron chi connectivity index (χ4n) is 2.58. The van der Waals surface area contributed by atoms with Crippen molar-refractivity contribution < 1.29 is 15.3 Å². The third kappa shape index (κ3) is 4.63. The first-order valence-electron chi connectivity index (χ1n) is 7.81. The normalized spacial score (nSPS) is 16.3. The number of nitrogens with two attached hydrogens (primary N) is 1. The van der Waals surface area contributed by atoms with E-state index >= 15 is 0 Å². The Kier molecular flexibility index (Phi) is 7.36. The molecule has 1 aliphatic rings. The van der Waals surface area contributed by atoms with Crippen LogP contribution < -0.4 is 10.6 Å². The number of hydrogen-bond donors (Lipinski definition) is 4. The molecule has 0 saturated heterocycles. The molecule has 6 nitrogen and oxygen atoms in total. The molecule has 5 N–H and O–H groups in total. The predicted octanol–water partition coefficient (Wildman–Crippen LogP) is 0.950. The van der Waals surface area contributed by atoms with Gasteiger partial charge in [-0.3, -0.25) is 0 Å². The average molecular weight is 349 g/mol. The molecule has 0 aromatic heterocycles. The molecule has 0 aliphatic carbocycles. The van der Waals surface area contributed by atoms with Crippen molar-refractivity contribution in [3.05, 3.63) is 40.2 Å². The quantitative estimate of drug-likeness (QED) is 0.412. The highest BCUT2D eigenvalue weighted by Gasteiger charge is 2.24. The number of aliphatic hydroxyl groups excluding tert-OH is 3. The molecule has 1 aromatic carbocycles. The van der Waals surface area contributed by atoms with Crippen molar-refractivity contribution in [1.82, 2.24) is 0 Å². The van der Waals surface area contributed by atoms with Gasteiger partial charge in [-0.2, -0.15) is 0 Å². The fraction of sp³-hybridized carbons (Fsp3) is 0.412. The first-order chi connectivity index (χ1) is 11.7. The highest BCUT2D eigenvalue weighted by atomic mass is 32.2. The molecule has 2 rings (SSSR count). The molecular formula is C17H23N3O3S. The largest absolute Gasteiger partial charge is 0.399 e. The molecule has 1 heterocycles. The lowest BCUT2D eigenvalue weighted by molar-refractivity contribution is 0.281. The van der Waals surface area contributed by atoms with E-state index in [4.69, 9.17) is 10.8 Å². The molecule has 1 atom stereocenters. The third-order valence-corrected chi connectivity index (χ3v) is 4.51. The SMILES string of the molecule is Nc1ccc(N(CCO)CCO)c(C2C=CSC2=C=NCCO)c1. The van der Waals surface area contributed by atoms with Gasteiger partial charge in [0.25, 0.3) is 0 Å². The van der Waals surface area contributed by atoms with Crippen molar-refractivity contribution in [2.75, 3.05) is 50.1 Å². The number of rotatable bonds is 8. The lowest BCUT2D eigenvalue weighted by Gasteiger charge is -2.27. The van der Waals surface area contributed by atoms with E-state index in [9.17, 15) is 10.2 Å². The van der Waals surface area contributed by atoms with Crippen molar-refractivity contribution >= 4 is 29.0 Å². The number of anilines is 2. The molecule has 0 bridgehead atoms. The number of nitrogen functional groups attached to an aromatic ring is 1. The van der Waals surface area contributed by atoms with Gasteiger partial charge in [-0.05, 0) is 35.0 Å². The minimum atomic E-state index is -0.0316. The molecule has 1 unspecified atom stereocenters. The van der Waals surface area contributed by atoms with E-state index in [2.05, 4.69) is 16.9 Å². The zero-order valence-electron chi connectivity index (χ0n) is 13.4. The van der Waals surface area contributed by atoms with Crippen LogP contribution >= 0.6 is 11.8 Å². The Morgan fingerprint density at radius 2 is 1.92 bits per heavy atom. The maximum absolute atomic E-state index is 9.31. The molecule has 0 spiro atoms. The first-order valence-corrected chi connectivity index (χ1v) is 8.68. The second kappa shape index (κ2) is 9.52. The lowest BCUT2D eigenvalue weighted by Crippen LogP contribution is -2.30. The van der Waals surface area contributed by atoms with Crippen LogP contribution in [0.4, 0.5) is 11.4 Å². The monoisotopic (exact) mass is 349 g/mol. The predicted molar refractivity (Wildman–Crippen MR) is 99.6 cm³/mol. The van der Waals surface area contributed by atoms with E-state index in [1.54, 1.807) is 11.8 Å². The van der Waals surface area contributed by atoms with Gasteiger partial charge in [0.05, 0.1) is 31.3 Å². The third-order valence-electron chi connectivity index (χ3n) is 3.62. The summed E-state index contributed by atoms with van der Waals surface area (Å²) in [5, 5.41) is 29.5. The van der Waals surface area contributed by atoms with Crippen LogP contribution in [0.15, 0.2) is 39.6 Å². The minimum absolute atomic E-state index is 0.000271. The van der Waals surface area contributed by atoms with Gasteiger partial charge < -0.3 is 26.0 Å². The number of aliphatic hydroxyl groups is 3. The number of allylic oxidation sites excluding steroid dienone is 2. The van der Waals surface area contributed by atoms with Crippen molar-refractivity contribution in [3.63, 3.8) is 0 Å². The summed E-state index contributed by atoms with van der Waals surface area (Å²) in [6, 6.07) is 5.64. The molecule has 0 saturated carbocycles. The number of aliphatic imine (C=N–C) groups is 1. The molecular weight excluding hydrogens is 326 g/mol. The topological polar surface area (TPSA) is 102 Å². The summed E-state index contributed by atoms with van der Waals surface area (Å²) < 4.78 is 0. The standard InChI is InChI=1S/C17H23N3O3S/c18-13-1-2-16(20(5-8-22)6-9-23)15(11-13)14-3-10-24-17(14)12-19-4-7-21/h1-3,10-11,14,21-23H,4-9,18H2. The molecule has 0 fully saturated rings. The van der Waals surface area contributed by atoms with Crippen molar-refractivity contribution in [1.29, 1.82) is 0 Å². The van der Waals surface area contributed by atoms with Crippen LogP contribution in [0, 0.1) is 0 Å². The van der Waals surface area contributed by atoms with Gasteiger partial charge in [0.1, 0.15) is 0 Å². The summed E-state index contributed by atoms with van der Waals surface area (Å²) in [7, 11) is 0. The molecule has 1 aliphatic heterocycles. The summed E-state index contributed by atoms with van der Waals surface area (Å²) >= 11 is 1.54. The van der Waals surface area contributed by atoms with Gasteiger partial charge in [0.15, 0.2) is 0 Å². The van der Waals surface area contributed by atoms with Gasteiger partial charge in [-0.15, -0.1) is 0 Å². The van der Waals surface area contributed by atoms with Crippen molar-refractivity contribution in [2.24, 2.45) is 4.99 Å². The second-order valence-corrected chi connectivity index (χ2v) is 6.21. The van der Waals surface area contributed by atoms with Crippen LogP contribution in [0.25, 0.3) is 0 Å². The average Bonchev–Trinajstić information content (AvgIpc) is 3.03. The minimum Gasteiger partial charge on any atom is -0.399 e. The van der Waals surface area contributed by atoms with Crippen LogP contribution in [0.5, 0.6) is 0 Å². The zero-order valence-corrected chi connectivity index (χ0v) is 14.2. The maximum Gasteiger partial charge on any atom is 0.0715 e. The Balaban J connectivity index is 2.42. The molecule has 1 aromatic rings. The highest BCUT2D eigenvalue weighted by molar-refractivity contribution is 8.06. The van der Waals surface area contributed by atoms with Crippen LogP contribution in [-0.2, 0) is 0 Å². The number of benzene rings is 1. The number of nitrogens with zero attached hydrogens (tertiary/aromatic N) is 2. The fourth-order valence-corrected chi connectivity index (χ4v) is 3.43. The van der Waals surface area contributed by atoms with Crippen LogP contribution in [0.2, 0.25) is 0 Å². The maximum atomic E-state index is 9.31. The number of hydrogen-bond acceptors (Lipinski definition) is 7. The first kappa shape index (κ1) is 18.6. The van der Waals surface area contributed by atoms with Crippen LogP contribution in [0.1, 0.15) is 11.5 Å². The van der Waals surface area contributed by atoms with E-state index in [1.165, 1.54) is 0 Å². The summed E-state index contributed by atoms with van der Waals surface area (Å²) in [6.45, 7) is 1.17. The molecule has 0 amide bonds. The van der Waals surface area contributed by atoms with E-state index in [-0.39, 0.29) is 25.7 Å². The molecule has 7 heteroatoms. The van der Waals surface area contributed by atoms with Crippen molar-refractivity contribution in [2.45, 2.75) is 5.92 Å². The molecule has 0 radical (unpaired) electrons. The van der Waals surface area contributed by atoms with Gasteiger partial charge in [0.2, 0.25) is 0 Å². The Morgan fingerprint density at radius 3 is 2.58 bits per heavy atom. The number of thioether (sulfide) groups is 1. The van der Waals surface area contributed by atoms with Crippen LogP contribution in [0.3, 0.4) is 0 Å². The zero-order chi connectivity index (χ0) is 17.4. The second-order valence-electron chi connectivity index (χ2n) is 5.26. The van der Waals surface area contributed by atoms with Gasteiger partial charge in [0, 0.05) is 30.4 Å². The summed E-state index contributed by atoms with van der Waals surface area (Å²) in [5.74, 6) is 2.97. The highest BCUT2D eigenvalue weighted by Crippen LogP contribution is 2.43. The Morgan fingerprint density at radius 1 is 1.17 bits per heavy atom. The Hall–Kier alpha value is -1.76. The van der Waals surface area contributed by atoms with E-state index in [0.29, 0.717) is 25.3 Å². The van der Waals surface area contributed by atoms with Gasteiger partial charge >= 0.3 is 0 Å². The van der Waals surface area contributed by atoms with E-state index < -0.39 is 0 Å². The van der Waals surface area contributed by atoms with Crippen molar-refractivity contribution in [3.8, 4) is 0 Å². The molecule has 24 heavy (non-hydrogen) atoms. The van der Waals surface area contributed by atoms with Gasteiger partial charge in [-0.1, -0.05) is 17.8 Å². The Bertz CT molecular complexity index is 636. The lowest BCUT2D eigenvalue weighted by atomic mass is 9.96. The molecule has 130 valence electrons. The summed E-state index contributed by atoms with van der Waals surface area (Å²) in [5.41, 5.74) is 8.54. The summed E-state index contributed by atoms with van der Waals surface area (Å²) in [4.78, 5) is 6.97.